The van der Waals surface area contributed by atoms with E-state index in [1.54, 1.807) is 11.3 Å². The van der Waals surface area contributed by atoms with Crippen LogP contribution in [0.3, 0.4) is 0 Å². The zero-order chi connectivity index (χ0) is 16.4. The monoisotopic (exact) mass is 318 g/mol. The second kappa shape index (κ2) is 8.93. The normalized spacial score (nSPS) is 10.1. The van der Waals surface area contributed by atoms with Crippen LogP contribution in [0.15, 0.2) is 47.8 Å². The molecule has 22 heavy (non-hydrogen) atoms. The molecule has 0 aliphatic carbocycles. The Labute approximate surface area is 133 Å². The van der Waals surface area contributed by atoms with Gasteiger partial charge in [-0.25, -0.2) is 0 Å². The first-order valence-electron chi connectivity index (χ1n) is 6.72. The molecule has 0 saturated carbocycles. The summed E-state index contributed by atoms with van der Waals surface area (Å²) in [4.78, 5) is 29.6. The van der Waals surface area contributed by atoms with E-state index in [9.17, 15) is 4.79 Å². The lowest BCUT2D eigenvalue weighted by Crippen LogP contribution is -2.28. The first kappa shape index (κ1) is 17.8. The van der Waals surface area contributed by atoms with E-state index in [0.717, 1.165) is 12.0 Å². The number of hydrogen-bond acceptors (Lipinski definition) is 5. The van der Waals surface area contributed by atoms with Crippen molar-refractivity contribution in [3.05, 3.63) is 58.3 Å². The average Bonchev–Trinajstić information content (AvgIpc) is 2.99. The maximum Gasteiger partial charge on any atom is 0.373 e. The van der Waals surface area contributed by atoms with Crippen LogP contribution < -0.4 is 0 Å². The summed E-state index contributed by atoms with van der Waals surface area (Å²) in [5.74, 6) is -0.148. The van der Waals surface area contributed by atoms with Crippen molar-refractivity contribution in [1.82, 2.24) is 0 Å². The lowest BCUT2D eigenvalue weighted by atomic mass is 9.89. The van der Waals surface area contributed by atoms with E-state index in [1.165, 1.54) is 4.88 Å². The number of carbonyl (C=O) groups is 1. The van der Waals surface area contributed by atoms with Crippen LogP contribution in [0.4, 0.5) is 0 Å². The van der Waals surface area contributed by atoms with E-state index in [4.69, 9.17) is 14.3 Å². The Bertz CT molecular complexity index is 597. The third-order valence-corrected chi connectivity index (χ3v) is 3.84. The largest absolute Gasteiger partial charge is 0.460 e. The van der Waals surface area contributed by atoms with E-state index < -0.39 is 5.41 Å². The molecule has 0 radical (unpaired) electrons. The lowest BCUT2D eigenvalue weighted by Gasteiger charge is -2.21. The second-order valence-electron chi connectivity index (χ2n) is 5.29. The van der Waals surface area contributed by atoms with Gasteiger partial charge in [0.05, 0.1) is 5.41 Å². The van der Waals surface area contributed by atoms with Crippen LogP contribution in [-0.2, 0) is 32.1 Å². The number of esters is 1. The van der Waals surface area contributed by atoms with Gasteiger partial charge in [-0.15, -0.1) is 11.3 Å². The molecule has 0 bridgehead atoms. The highest BCUT2D eigenvalue weighted by atomic mass is 32.1. The van der Waals surface area contributed by atoms with Crippen LogP contribution in [-0.4, -0.2) is 12.1 Å². The van der Waals surface area contributed by atoms with E-state index in [2.05, 4.69) is 6.07 Å². The van der Waals surface area contributed by atoms with Crippen LogP contribution in [0, 0.1) is 5.41 Å². The summed E-state index contributed by atoms with van der Waals surface area (Å²) < 4.78 is 5.41. The number of thiophene rings is 1. The molecule has 0 aliphatic heterocycles. The topological polar surface area (TPSA) is 60.4 Å². The summed E-state index contributed by atoms with van der Waals surface area (Å²) in [5, 5.41) is 2.03. The van der Waals surface area contributed by atoms with Crippen molar-refractivity contribution in [2.45, 2.75) is 26.9 Å². The van der Waals surface area contributed by atoms with Gasteiger partial charge in [0.15, 0.2) is 0 Å². The Hall–Kier alpha value is -2.23. The van der Waals surface area contributed by atoms with Crippen molar-refractivity contribution in [2.24, 2.45) is 5.41 Å². The van der Waals surface area contributed by atoms with Gasteiger partial charge < -0.3 is 4.74 Å². The van der Waals surface area contributed by atoms with Gasteiger partial charge in [0, 0.05) is 4.88 Å². The molecular weight excluding hydrogens is 300 g/mol. The molecule has 0 unspecified atom stereocenters. The van der Waals surface area contributed by atoms with Crippen LogP contribution in [0.1, 0.15) is 24.3 Å². The van der Waals surface area contributed by atoms with Gasteiger partial charge in [0.2, 0.25) is 0 Å². The lowest BCUT2D eigenvalue weighted by molar-refractivity contribution is -0.191. The number of benzene rings is 1. The number of carbonyl (C=O) groups excluding carboxylic acids is 3. The molecule has 0 atom stereocenters. The summed E-state index contributed by atoms with van der Waals surface area (Å²) in [6.45, 7) is 4.20. The van der Waals surface area contributed by atoms with Crippen LogP contribution >= 0.6 is 11.3 Å². The molecule has 116 valence electrons. The second-order valence-corrected chi connectivity index (χ2v) is 6.32. The third-order valence-electron chi connectivity index (χ3n) is 2.96. The highest BCUT2D eigenvalue weighted by Gasteiger charge is 2.30. The summed E-state index contributed by atoms with van der Waals surface area (Å²) in [6.07, 6.45) is 0.971. The molecule has 0 aliphatic rings. The molecule has 5 heteroatoms. The minimum absolute atomic E-state index is 0.148. The molecule has 0 amide bonds. The highest BCUT2D eigenvalue weighted by Crippen LogP contribution is 2.26. The third kappa shape index (κ3) is 6.04. The Balaban J connectivity index is 0.000000745. The van der Waals surface area contributed by atoms with Gasteiger partial charge in [-0.1, -0.05) is 36.4 Å². The van der Waals surface area contributed by atoms with Crippen molar-refractivity contribution in [1.29, 1.82) is 0 Å². The minimum Gasteiger partial charge on any atom is -0.460 e. The standard InChI is InChI=1S/C16H18O2S.CO2/c1-16(2,11-14-9-6-10-19-14)15(17)18-12-13-7-4-3-5-8-13;2-1-3/h3-10H,11-12H2,1-2H3;. The first-order chi connectivity index (χ1) is 10.5. The Morgan fingerprint density at radius 3 is 2.32 bits per heavy atom. The van der Waals surface area contributed by atoms with Gasteiger partial charge in [-0.3, -0.25) is 4.79 Å². The predicted octanol–water partition coefficient (Wildman–Crippen LogP) is 3.48. The molecule has 0 N–H and O–H groups in total. The van der Waals surface area contributed by atoms with Gasteiger partial charge in [-0.05, 0) is 37.3 Å². The van der Waals surface area contributed by atoms with Crippen molar-refractivity contribution in [2.75, 3.05) is 0 Å². The molecule has 1 heterocycles. The van der Waals surface area contributed by atoms with Crippen molar-refractivity contribution in [3.8, 4) is 0 Å². The highest BCUT2D eigenvalue weighted by molar-refractivity contribution is 7.09. The van der Waals surface area contributed by atoms with Gasteiger partial charge in [0.25, 0.3) is 0 Å². The van der Waals surface area contributed by atoms with Crippen LogP contribution in [0.25, 0.3) is 0 Å². The molecule has 0 spiro atoms. The summed E-state index contributed by atoms with van der Waals surface area (Å²) >= 11 is 1.67. The zero-order valence-corrected chi connectivity index (χ0v) is 13.4. The van der Waals surface area contributed by atoms with Crippen LogP contribution in [0.2, 0.25) is 0 Å². The number of ether oxygens (including phenoxy) is 1. The van der Waals surface area contributed by atoms with Crippen molar-refractivity contribution >= 4 is 23.5 Å². The van der Waals surface area contributed by atoms with Crippen molar-refractivity contribution in [3.63, 3.8) is 0 Å². The fourth-order valence-electron chi connectivity index (χ4n) is 1.84. The van der Waals surface area contributed by atoms with Crippen molar-refractivity contribution < 1.29 is 19.1 Å². The fourth-order valence-corrected chi connectivity index (χ4v) is 2.77. The maximum absolute atomic E-state index is 12.1. The molecule has 0 fully saturated rings. The van der Waals surface area contributed by atoms with E-state index in [0.29, 0.717) is 6.61 Å². The Morgan fingerprint density at radius 2 is 1.77 bits per heavy atom. The number of rotatable bonds is 5. The summed E-state index contributed by atoms with van der Waals surface area (Å²) in [5.41, 5.74) is 0.530. The molecule has 4 nitrogen and oxygen atoms in total. The summed E-state index contributed by atoms with van der Waals surface area (Å²) in [6, 6.07) is 13.8. The number of hydrogen-bond donors (Lipinski definition) is 0. The Morgan fingerprint density at radius 1 is 1.14 bits per heavy atom. The SMILES string of the molecule is CC(C)(Cc1cccs1)C(=O)OCc1ccccc1.O=C=O. The molecule has 2 aromatic rings. The summed E-state index contributed by atoms with van der Waals surface area (Å²) in [7, 11) is 0. The van der Waals surface area contributed by atoms with Gasteiger partial charge in [0.1, 0.15) is 6.61 Å². The molecule has 2 rings (SSSR count). The quantitative estimate of drug-likeness (QED) is 0.792. The first-order valence-corrected chi connectivity index (χ1v) is 7.60. The fraction of sp³-hybridized carbons (Fsp3) is 0.294. The predicted molar refractivity (Wildman–Crippen MR) is 83.0 cm³/mol. The van der Waals surface area contributed by atoms with Gasteiger partial charge in [-0.2, -0.15) is 9.59 Å². The van der Waals surface area contributed by atoms with E-state index in [-0.39, 0.29) is 12.1 Å². The smallest absolute Gasteiger partial charge is 0.373 e. The van der Waals surface area contributed by atoms with Gasteiger partial charge >= 0.3 is 12.1 Å². The Kier molecular flexibility index (Phi) is 7.23. The molecule has 0 saturated heterocycles. The van der Waals surface area contributed by atoms with E-state index in [1.807, 2.05) is 55.6 Å². The average molecular weight is 318 g/mol. The molecular formula is C17H18O4S. The molecule has 1 aromatic carbocycles. The molecule has 1 aromatic heterocycles. The minimum atomic E-state index is -0.486. The maximum atomic E-state index is 12.1. The van der Waals surface area contributed by atoms with E-state index >= 15 is 0 Å². The van der Waals surface area contributed by atoms with Crippen LogP contribution in [0.5, 0.6) is 0 Å². The zero-order valence-electron chi connectivity index (χ0n) is 12.6.